The van der Waals surface area contributed by atoms with E-state index in [1.54, 1.807) is 55.6 Å². The van der Waals surface area contributed by atoms with Gasteiger partial charge in [-0.1, -0.05) is 36.3 Å². The molecule has 1 atom stereocenters. The molecule has 5 nitrogen and oxygen atoms in total. The van der Waals surface area contributed by atoms with Crippen LogP contribution in [0.3, 0.4) is 0 Å². The molecule has 2 aromatic carbocycles. The molecule has 0 aliphatic rings. The smallest absolute Gasteiger partial charge is 0.334 e. The van der Waals surface area contributed by atoms with Crippen molar-refractivity contribution in [2.24, 2.45) is 0 Å². The summed E-state index contributed by atoms with van der Waals surface area (Å²) in [6.45, 7) is -0.152. The van der Waals surface area contributed by atoms with Crippen LogP contribution in [0.5, 0.6) is 5.75 Å². The van der Waals surface area contributed by atoms with Gasteiger partial charge in [-0.25, -0.2) is 4.79 Å². The molecule has 2 rings (SSSR count). The fourth-order valence-corrected chi connectivity index (χ4v) is 2.08. The normalized spacial score (nSPS) is 11.0. The number of nitrogens with one attached hydrogen (secondary N) is 1. The summed E-state index contributed by atoms with van der Waals surface area (Å²) in [6, 6.07) is 14.5. The zero-order chi connectivity index (χ0) is 17.4. The number of methoxy groups -OCH3 is 1. The van der Waals surface area contributed by atoms with Crippen molar-refractivity contribution < 1.29 is 19.1 Å². The number of esters is 1. The monoisotopic (exact) mass is 323 g/mol. The number of terminal acetylenes is 1. The van der Waals surface area contributed by atoms with Crippen LogP contribution in [0, 0.1) is 12.3 Å². The van der Waals surface area contributed by atoms with Gasteiger partial charge >= 0.3 is 5.97 Å². The highest BCUT2D eigenvalue weighted by Crippen LogP contribution is 2.17. The third-order valence-electron chi connectivity index (χ3n) is 3.29. The van der Waals surface area contributed by atoms with E-state index in [-0.39, 0.29) is 6.61 Å². The highest BCUT2D eigenvalue weighted by Gasteiger charge is 2.24. The largest absolute Gasteiger partial charge is 0.497 e. The molecule has 24 heavy (non-hydrogen) atoms. The van der Waals surface area contributed by atoms with E-state index in [0.29, 0.717) is 16.9 Å². The van der Waals surface area contributed by atoms with Gasteiger partial charge in [-0.2, -0.15) is 0 Å². The van der Waals surface area contributed by atoms with Crippen LogP contribution in [0.25, 0.3) is 0 Å². The van der Waals surface area contributed by atoms with Crippen LogP contribution in [-0.2, 0) is 9.53 Å². The van der Waals surface area contributed by atoms with Crippen molar-refractivity contribution in [2.45, 2.75) is 6.04 Å². The first-order valence-electron chi connectivity index (χ1n) is 7.25. The van der Waals surface area contributed by atoms with E-state index < -0.39 is 17.9 Å². The summed E-state index contributed by atoms with van der Waals surface area (Å²) in [6.07, 6.45) is 5.11. The van der Waals surface area contributed by atoms with Gasteiger partial charge in [0.2, 0.25) is 0 Å². The topological polar surface area (TPSA) is 64.6 Å². The van der Waals surface area contributed by atoms with E-state index >= 15 is 0 Å². The molecule has 122 valence electrons. The number of hydrogen-bond donors (Lipinski definition) is 1. The van der Waals surface area contributed by atoms with Gasteiger partial charge in [0.05, 0.1) is 7.11 Å². The Bertz CT molecular complexity index is 732. The van der Waals surface area contributed by atoms with Crippen LogP contribution in [0.4, 0.5) is 0 Å². The quantitative estimate of drug-likeness (QED) is 0.655. The summed E-state index contributed by atoms with van der Waals surface area (Å²) in [7, 11) is 1.54. The second-order valence-electron chi connectivity index (χ2n) is 4.86. The molecule has 0 aromatic heterocycles. The highest BCUT2D eigenvalue weighted by molar-refractivity contribution is 5.97. The van der Waals surface area contributed by atoms with E-state index in [1.165, 1.54) is 0 Å². The standard InChI is InChI=1S/C19H17NO4/c1-3-13-24-19(22)17(14-7-5-4-6-8-14)20-18(21)15-9-11-16(23-2)12-10-15/h1,4-12,17H,13H2,2H3,(H,20,21)/t17-/m0/s1. The second kappa shape index (κ2) is 8.39. The van der Waals surface area contributed by atoms with E-state index in [4.69, 9.17) is 15.9 Å². The summed E-state index contributed by atoms with van der Waals surface area (Å²) in [5.41, 5.74) is 1.02. The number of hydrogen-bond acceptors (Lipinski definition) is 4. The number of carbonyl (C=O) groups excluding carboxylic acids is 2. The molecule has 0 aliphatic carbocycles. The molecule has 0 heterocycles. The van der Waals surface area contributed by atoms with Gasteiger partial charge in [-0.3, -0.25) is 4.79 Å². The Balaban J connectivity index is 2.19. The molecule has 1 N–H and O–H groups in total. The third-order valence-corrected chi connectivity index (χ3v) is 3.29. The minimum Gasteiger partial charge on any atom is -0.497 e. The Hall–Kier alpha value is -3.26. The third kappa shape index (κ3) is 4.37. The van der Waals surface area contributed by atoms with Crippen molar-refractivity contribution in [3.05, 3.63) is 65.7 Å². The van der Waals surface area contributed by atoms with Crippen LogP contribution in [-0.4, -0.2) is 25.6 Å². The number of carbonyl (C=O) groups is 2. The predicted molar refractivity (Wildman–Crippen MR) is 89.4 cm³/mol. The number of amides is 1. The van der Waals surface area contributed by atoms with Crippen molar-refractivity contribution in [2.75, 3.05) is 13.7 Å². The fourth-order valence-electron chi connectivity index (χ4n) is 2.08. The van der Waals surface area contributed by atoms with E-state index in [0.717, 1.165) is 0 Å². The Kier molecular flexibility index (Phi) is 5.98. The van der Waals surface area contributed by atoms with Gasteiger partial charge in [-0.05, 0) is 29.8 Å². The molecular weight excluding hydrogens is 306 g/mol. The molecule has 0 aliphatic heterocycles. The summed E-state index contributed by atoms with van der Waals surface area (Å²) < 4.78 is 10.0. The van der Waals surface area contributed by atoms with E-state index in [9.17, 15) is 9.59 Å². The lowest BCUT2D eigenvalue weighted by Crippen LogP contribution is -2.35. The summed E-state index contributed by atoms with van der Waals surface area (Å²) in [4.78, 5) is 24.6. The lowest BCUT2D eigenvalue weighted by Gasteiger charge is -2.17. The first-order chi connectivity index (χ1) is 11.7. The Morgan fingerprint density at radius 3 is 2.38 bits per heavy atom. The predicted octanol–water partition coefficient (Wildman–Crippen LogP) is 2.34. The molecule has 0 spiro atoms. The first-order valence-corrected chi connectivity index (χ1v) is 7.25. The van der Waals surface area contributed by atoms with Crippen molar-refractivity contribution in [3.63, 3.8) is 0 Å². The van der Waals surface area contributed by atoms with Gasteiger partial charge in [0.25, 0.3) is 5.91 Å². The number of benzene rings is 2. The summed E-state index contributed by atoms with van der Waals surface area (Å²) in [5, 5.41) is 2.67. The van der Waals surface area contributed by atoms with E-state index in [1.807, 2.05) is 6.07 Å². The average molecular weight is 323 g/mol. The van der Waals surface area contributed by atoms with Crippen molar-refractivity contribution in [1.82, 2.24) is 5.32 Å². The van der Waals surface area contributed by atoms with Gasteiger partial charge < -0.3 is 14.8 Å². The molecule has 0 radical (unpaired) electrons. The van der Waals surface area contributed by atoms with Gasteiger partial charge in [0, 0.05) is 5.56 Å². The Morgan fingerprint density at radius 2 is 1.79 bits per heavy atom. The van der Waals surface area contributed by atoms with Gasteiger partial charge in [0.15, 0.2) is 12.6 Å². The first kappa shape index (κ1) is 17.1. The zero-order valence-electron chi connectivity index (χ0n) is 13.2. The maximum absolute atomic E-state index is 12.4. The molecule has 1 amide bonds. The summed E-state index contributed by atoms with van der Waals surface area (Å²) in [5.74, 6) is 1.86. The molecule has 5 heteroatoms. The van der Waals surface area contributed by atoms with Crippen LogP contribution in [0.1, 0.15) is 22.0 Å². The summed E-state index contributed by atoms with van der Waals surface area (Å²) >= 11 is 0. The minimum absolute atomic E-state index is 0.152. The lowest BCUT2D eigenvalue weighted by atomic mass is 10.1. The van der Waals surface area contributed by atoms with Crippen LogP contribution in [0.2, 0.25) is 0 Å². The Morgan fingerprint density at radius 1 is 1.12 bits per heavy atom. The van der Waals surface area contributed by atoms with Crippen LogP contribution >= 0.6 is 0 Å². The minimum atomic E-state index is -0.936. The highest BCUT2D eigenvalue weighted by atomic mass is 16.5. The zero-order valence-corrected chi connectivity index (χ0v) is 13.2. The molecule has 0 bridgehead atoms. The molecule has 0 unspecified atom stereocenters. The van der Waals surface area contributed by atoms with Crippen LogP contribution < -0.4 is 10.1 Å². The maximum Gasteiger partial charge on any atom is 0.334 e. The molecule has 0 fully saturated rings. The SMILES string of the molecule is C#CCOC(=O)[C@@H](NC(=O)c1ccc(OC)cc1)c1ccccc1. The van der Waals surface area contributed by atoms with Crippen molar-refractivity contribution >= 4 is 11.9 Å². The molecule has 2 aromatic rings. The molecular formula is C19H17NO4. The van der Waals surface area contributed by atoms with Gasteiger partial charge in [-0.15, -0.1) is 6.42 Å². The fraction of sp³-hybridized carbons (Fsp3) is 0.158. The Labute approximate surface area is 140 Å². The van der Waals surface area contributed by atoms with Crippen molar-refractivity contribution in [1.29, 1.82) is 0 Å². The number of ether oxygens (including phenoxy) is 2. The van der Waals surface area contributed by atoms with Crippen molar-refractivity contribution in [3.8, 4) is 18.1 Å². The molecule has 0 saturated carbocycles. The van der Waals surface area contributed by atoms with E-state index in [2.05, 4.69) is 11.2 Å². The lowest BCUT2D eigenvalue weighted by molar-refractivity contribution is -0.144. The maximum atomic E-state index is 12.4. The van der Waals surface area contributed by atoms with Gasteiger partial charge in [0.1, 0.15) is 5.75 Å². The average Bonchev–Trinajstić information content (AvgIpc) is 2.64. The molecule has 0 saturated heterocycles. The number of rotatable bonds is 6. The second-order valence-corrected chi connectivity index (χ2v) is 4.86. The van der Waals surface area contributed by atoms with Crippen LogP contribution in [0.15, 0.2) is 54.6 Å².